The zero-order valence-electron chi connectivity index (χ0n) is 18.9. The molecule has 3 rings (SSSR count). The van der Waals surface area contributed by atoms with Gasteiger partial charge >= 0.3 is 0 Å². The first-order chi connectivity index (χ1) is 15.2. The minimum absolute atomic E-state index is 0.0978. The van der Waals surface area contributed by atoms with E-state index in [1.807, 2.05) is 38.1 Å². The highest BCUT2D eigenvalue weighted by atomic mass is 32.2. The van der Waals surface area contributed by atoms with Crippen molar-refractivity contribution < 1.29 is 18.0 Å². The Kier molecular flexibility index (Phi) is 7.36. The molecule has 1 heterocycles. The summed E-state index contributed by atoms with van der Waals surface area (Å²) in [6, 6.07) is 15.8. The van der Waals surface area contributed by atoms with Crippen LogP contribution in [0, 0.1) is 6.92 Å². The molecule has 8 heteroatoms. The Morgan fingerprint density at radius 2 is 1.75 bits per heavy atom. The van der Waals surface area contributed by atoms with Crippen molar-refractivity contribution in [1.29, 1.82) is 0 Å². The second kappa shape index (κ2) is 9.83. The van der Waals surface area contributed by atoms with Crippen LogP contribution in [0.1, 0.15) is 37.8 Å². The number of hydrogen-bond acceptors (Lipinski definition) is 4. The number of rotatable bonds is 8. The largest absolute Gasteiger partial charge is 0.350 e. The van der Waals surface area contributed by atoms with E-state index in [-0.39, 0.29) is 29.8 Å². The van der Waals surface area contributed by atoms with Crippen LogP contribution < -0.4 is 5.32 Å². The second-order valence-electron chi connectivity index (χ2n) is 8.43. The summed E-state index contributed by atoms with van der Waals surface area (Å²) in [5, 5.41) is 2.91. The van der Waals surface area contributed by atoms with E-state index in [9.17, 15) is 18.0 Å². The highest BCUT2D eigenvalue weighted by molar-refractivity contribution is 7.89. The first-order valence-corrected chi connectivity index (χ1v) is 12.3. The molecule has 32 heavy (non-hydrogen) atoms. The zero-order chi connectivity index (χ0) is 23.4. The van der Waals surface area contributed by atoms with Gasteiger partial charge in [0.1, 0.15) is 5.54 Å². The Labute approximate surface area is 190 Å². The second-order valence-corrected chi connectivity index (χ2v) is 10.4. The smallest absolute Gasteiger partial charge is 0.247 e. The van der Waals surface area contributed by atoms with Gasteiger partial charge in [0.15, 0.2) is 0 Å². The van der Waals surface area contributed by atoms with Crippen LogP contribution in [0.2, 0.25) is 0 Å². The van der Waals surface area contributed by atoms with E-state index in [4.69, 9.17) is 0 Å². The quantitative estimate of drug-likeness (QED) is 0.660. The summed E-state index contributed by atoms with van der Waals surface area (Å²) in [4.78, 5) is 28.1. The van der Waals surface area contributed by atoms with Crippen LogP contribution in [0.5, 0.6) is 0 Å². The molecule has 0 radical (unpaired) electrons. The van der Waals surface area contributed by atoms with Gasteiger partial charge in [-0.3, -0.25) is 9.59 Å². The molecule has 2 amide bonds. The number of nitrogens with one attached hydrogen (secondary N) is 1. The van der Waals surface area contributed by atoms with Gasteiger partial charge in [-0.1, -0.05) is 61.4 Å². The number of carbonyl (C=O) groups excluding carboxylic acids is 2. The van der Waals surface area contributed by atoms with Crippen LogP contribution in [0.15, 0.2) is 59.5 Å². The lowest BCUT2D eigenvalue weighted by molar-refractivity contribution is -0.152. The Bertz CT molecular complexity index is 1050. The lowest BCUT2D eigenvalue weighted by atomic mass is 9.95. The predicted octanol–water partition coefficient (Wildman–Crippen LogP) is 2.70. The van der Waals surface area contributed by atoms with Gasteiger partial charge < -0.3 is 10.2 Å². The Balaban J connectivity index is 1.87. The van der Waals surface area contributed by atoms with Crippen molar-refractivity contribution in [1.82, 2.24) is 14.5 Å². The van der Waals surface area contributed by atoms with Crippen molar-refractivity contribution in [2.45, 2.75) is 50.6 Å². The first-order valence-electron chi connectivity index (χ1n) is 10.9. The number of carbonyl (C=O) groups is 2. The van der Waals surface area contributed by atoms with Crippen molar-refractivity contribution >= 4 is 21.8 Å². The normalized spacial score (nSPS) is 19.7. The van der Waals surface area contributed by atoms with Crippen LogP contribution in [-0.4, -0.2) is 54.6 Å². The average molecular weight is 458 g/mol. The molecule has 2 aromatic carbocycles. The third-order valence-corrected chi connectivity index (χ3v) is 7.68. The molecule has 1 atom stereocenters. The number of aryl methyl sites for hydroxylation is 1. The summed E-state index contributed by atoms with van der Waals surface area (Å²) in [7, 11) is -3.91. The van der Waals surface area contributed by atoms with Gasteiger partial charge in [0.25, 0.3) is 0 Å². The maximum atomic E-state index is 13.4. The standard InChI is InChI=1S/C24H31N3O4S/c1-4-5-15-27-22(28)17-26(32(30,31)21-9-7-6-8-10-21)18-24(27,3)23(29)25-16-20-13-11-19(2)12-14-20/h6-14H,4-5,15-18H2,1-3H3,(H,25,29). The maximum Gasteiger partial charge on any atom is 0.247 e. The van der Waals surface area contributed by atoms with E-state index in [2.05, 4.69) is 5.32 Å². The van der Waals surface area contributed by atoms with Gasteiger partial charge in [-0.2, -0.15) is 4.31 Å². The molecule has 7 nitrogen and oxygen atoms in total. The van der Waals surface area contributed by atoms with Crippen molar-refractivity contribution in [3.05, 3.63) is 65.7 Å². The van der Waals surface area contributed by atoms with Gasteiger partial charge in [0, 0.05) is 19.6 Å². The van der Waals surface area contributed by atoms with E-state index < -0.39 is 15.6 Å². The predicted molar refractivity (Wildman–Crippen MR) is 123 cm³/mol. The molecule has 0 aromatic heterocycles. The van der Waals surface area contributed by atoms with E-state index >= 15 is 0 Å². The highest BCUT2D eigenvalue weighted by Gasteiger charge is 2.50. The monoisotopic (exact) mass is 457 g/mol. The minimum atomic E-state index is -3.91. The summed E-state index contributed by atoms with van der Waals surface area (Å²) < 4.78 is 27.5. The van der Waals surface area contributed by atoms with Crippen LogP contribution in [0.4, 0.5) is 0 Å². The minimum Gasteiger partial charge on any atom is -0.350 e. The fourth-order valence-corrected chi connectivity index (χ4v) is 5.37. The molecule has 0 spiro atoms. The topological polar surface area (TPSA) is 86.8 Å². The molecule has 1 N–H and O–H groups in total. The number of nitrogens with zero attached hydrogens (tertiary/aromatic N) is 2. The third kappa shape index (κ3) is 5.02. The summed E-state index contributed by atoms with van der Waals surface area (Å²) in [5.41, 5.74) is 0.748. The Hall–Kier alpha value is -2.71. The van der Waals surface area contributed by atoms with Crippen molar-refractivity contribution in [2.75, 3.05) is 19.6 Å². The van der Waals surface area contributed by atoms with Gasteiger partial charge in [-0.25, -0.2) is 8.42 Å². The number of piperazine rings is 1. The fraction of sp³-hybridized carbons (Fsp3) is 0.417. The van der Waals surface area contributed by atoms with Crippen molar-refractivity contribution in [2.24, 2.45) is 0 Å². The maximum absolute atomic E-state index is 13.4. The van der Waals surface area contributed by atoms with Gasteiger partial charge in [-0.05, 0) is 38.0 Å². The third-order valence-electron chi connectivity index (χ3n) is 5.87. The molecule has 172 valence electrons. The number of benzene rings is 2. The van der Waals surface area contributed by atoms with Crippen molar-refractivity contribution in [3.63, 3.8) is 0 Å². The van der Waals surface area contributed by atoms with Crippen LogP contribution in [0.25, 0.3) is 0 Å². The molecule has 1 aliphatic rings. The van der Waals surface area contributed by atoms with Crippen LogP contribution in [-0.2, 0) is 26.2 Å². The Morgan fingerprint density at radius 1 is 1.09 bits per heavy atom. The van der Waals surface area contributed by atoms with Crippen molar-refractivity contribution in [3.8, 4) is 0 Å². The SMILES string of the molecule is CCCCN1C(=O)CN(S(=O)(=O)c2ccccc2)CC1(C)C(=O)NCc1ccc(C)cc1. The number of sulfonamides is 1. The Morgan fingerprint density at radius 3 is 2.38 bits per heavy atom. The molecule has 1 saturated heterocycles. The number of unbranched alkanes of at least 4 members (excludes halogenated alkanes) is 1. The molecular weight excluding hydrogens is 426 g/mol. The highest BCUT2D eigenvalue weighted by Crippen LogP contribution is 2.28. The molecule has 1 aliphatic heterocycles. The molecule has 0 bridgehead atoms. The zero-order valence-corrected chi connectivity index (χ0v) is 19.7. The summed E-state index contributed by atoms with van der Waals surface area (Å²) in [6.07, 6.45) is 1.59. The van der Waals surface area contributed by atoms with Crippen LogP contribution >= 0.6 is 0 Å². The van der Waals surface area contributed by atoms with Gasteiger partial charge in [-0.15, -0.1) is 0 Å². The van der Waals surface area contributed by atoms with E-state index in [1.165, 1.54) is 17.0 Å². The molecule has 0 saturated carbocycles. The molecule has 1 fully saturated rings. The van der Waals surface area contributed by atoms with Gasteiger partial charge in [0.2, 0.25) is 21.8 Å². The fourth-order valence-electron chi connectivity index (χ4n) is 3.87. The molecular formula is C24H31N3O4S. The summed E-state index contributed by atoms with van der Waals surface area (Å²) >= 11 is 0. The lowest BCUT2D eigenvalue weighted by Gasteiger charge is -2.46. The summed E-state index contributed by atoms with van der Waals surface area (Å²) in [6.45, 7) is 5.98. The van der Waals surface area contributed by atoms with E-state index in [1.54, 1.807) is 25.1 Å². The average Bonchev–Trinajstić information content (AvgIpc) is 2.78. The van der Waals surface area contributed by atoms with E-state index in [0.29, 0.717) is 13.1 Å². The van der Waals surface area contributed by atoms with E-state index in [0.717, 1.165) is 28.3 Å². The number of amides is 2. The molecule has 1 unspecified atom stereocenters. The van der Waals surface area contributed by atoms with Crippen LogP contribution in [0.3, 0.4) is 0 Å². The summed E-state index contributed by atoms with van der Waals surface area (Å²) in [5.74, 6) is -0.729. The first kappa shape index (κ1) is 23.9. The number of hydrogen-bond donors (Lipinski definition) is 1. The molecule has 2 aromatic rings. The van der Waals surface area contributed by atoms with Gasteiger partial charge in [0.05, 0.1) is 11.4 Å². The molecule has 0 aliphatic carbocycles. The lowest BCUT2D eigenvalue weighted by Crippen LogP contribution is -2.69.